The van der Waals surface area contributed by atoms with E-state index in [1.54, 1.807) is 25.1 Å². The molecule has 2 rings (SSSR count). The number of pyridine rings is 1. The highest BCUT2D eigenvalue weighted by Crippen LogP contribution is 2.18. The van der Waals surface area contributed by atoms with Gasteiger partial charge in [-0.05, 0) is 30.8 Å². The van der Waals surface area contributed by atoms with Gasteiger partial charge in [-0.1, -0.05) is 6.07 Å². The number of benzene rings is 1. The zero-order valence-corrected chi connectivity index (χ0v) is 12.6. The fourth-order valence-corrected chi connectivity index (χ4v) is 2.60. The summed E-state index contributed by atoms with van der Waals surface area (Å²) in [6.45, 7) is 1.61. The lowest BCUT2D eigenvalue weighted by molar-refractivity contribution is -0.645. The van der Waals surface area contributed by atoms with Crippen LogP contribution in [0.2, 0.25) is 0 Å². The predicted molar refractivity (Wildman–Crippen MR) is 79.0 cm³/mol. The van der Waals surface area contributed by atoms with E-state index in [0.29, 0.717) is 9.76 Å². The van der Waals surface area contributed by atoms with Crippen molar-refractivity contribution in [1.82, 2.24) is 5.32 Å². The second-order valence-electron chi connectivity index (χ2n) is 4.61. The fraction of sp³-hybridized carbons (Fsp3) is 0.200. The van der Waals surface area contributed by atoms with Gasteiger partial charge in [-0.15, -0.1) is 0 Å². The molecule has 0 saturated heterocycles. The van der Waals surface area contributed by atoms with Crippen molar-refractivity contribution in [3.8, 4) is 0 Å². The summed E-state index contributed by atoms with van der Waals surface area (Å²) in [5.74, 6) is -1.69. The first kappa shape index (κ1) is 16.2. The minimum absolute atomic E-state index is 0.0272. The molecule has 1 aromatic carbocycles. The van der Waals surface area contributed by atoms with Crippen molar-refractivity contribution in [2.24, 2.45) is 0 Å². The summed E-state index contributed by atoms with van der Waals surface area (Å²) in [5, 5.41) is 14.4. The maximum atomic E-state index is 13.6. The molecule has 0 aliphatic heterocycles. The minimum Gasteiger partial charge on any atom is -0.618 e. The van der Waals surface area contributed by atoms with Crippen LogP contribution in [0, 0.1) is 16.8 Å². The average molecular weight is 324 g/mol. The third kappa shape index (κ3) is 4.17. The molecule has 7 heteroatoms. The molecule has 2 aromatic rings. The van der Waals surface area contributed by atoms with Gasteiger partial charge in [-0.3, -0.25) is 4.79 Å². The van der Waals surface area contributed by atoms with E-state index in [2.05, 4.69) is 5.32 Å². The average Bonchev–Trinajstić information content (AvgIpc) is 2.46. The maximum Gasteiger partial charge on any atom is 0.251 e. The molecule has 116 valence electrons. The van der Waals surface area contributed by atoms with Crippen molar-refractivity contribution >= 4 is 17.7 Å². The number of aromatic nitrogens is 1. The summed E-state index contributed by atoms with van der Waals surface area (Å²) in [4.78, 5) is 11.8. The molecule has 1 heterocycles. The molecule has 1 aromatic heterocycles. The molecule has 1 N–H and O–H groups in total. The van der Waals surface area contributed by atoms with E-state index >= 15 is 0 Å². The highest BCUT2D eigenvalue weighted by Gasteiger charge is 2.15. The zero-order valence-electron chi connectivity index (χ0n) is 11.8. The second kappa shape index (κ2) is 7.22. The van der Waals surface area contributed by atoms with Crippen LogP contribution in [0.4, 0.5) is 8.78 Å². The van der Waals surface area contributed by atoms with E-state index in [1.807, 2.05) is 0 Å². The smallest absolute Gasteiger partial charge is 0.251 e. The number of thioether (sulfide) groups is 1. The zero-order chi connectivity index (χ0) is 16.1. The third-order valence-corrected chi connectivity index (χ3v) is 3.96. The summed E-state index contributed by atoms with van der Waals surface area (Å²) >= 11 is 1.08. The van der Waals surface area contributed by atoms with E-state index in [1.165, 1.54) is 12.3 Å². The van der Waals surface area contributed by atoms with Crippen molar-refractivity contribution < 1.29 is 18.3 Å². The quantitative estimate of drug-likeness (QED) is 0.522. The summed E-state index contributed by atoms with van der Waals surface area (Å²) in [6.07, 6.45) is 1.34. The number of carbonyl (C=O) groups excluding carboxylic acids is 1. The number of nitrogens with one attached hydrogen (secondary N) is 1. The van der Waals surface area contributed by atoms with Gasteiger partial charge in [0.25, 0.3) is 5.03 Å². The Balaban J connectivity index is 1.93. The first-order chi connectivity index (χ1) is 10.5. The van der Waals surface area contributed by atoms with Crippen molar-refractivity contribution in [2.45, 2.75) is 18.0 Å². The van der Waals surface area contributed by atoms with Gasteiger partial charge in [0.05, 0.1) is 11.8 Å². The first-order valence-electron chi connectivity index (χ1n) is 6.52. The molecule has 0 bridgehead atoms. The van der Waals surface area contributed by atoms with Crippen LogP contribution in [0.15, 0.2) is 47.6 Å². The van der Waals surface area contributed by atoms with Crippen LogP contribution < -0.4 is 10.0 Å². The summed E-state index contributed by atoms with van der Waals surface area (Å²) in [5.41, 5.74) is 0.207. The number of amides is 1. The molecule has 0 unspecified atom stereocenters. The Morgan fingerprint density at radius 1 is 1.36 bits per heavy atom. The monoisotopic (exact) mass is 324 g/mol. The van der Waals surface area contributed by atoms with E-state index in [-0.39, 0.29) is 17.2 Å². The number of carbonyl (C=O) groups is 1. The minimum atomic E-state index is -0.707. The Morgan fingerprint density at radius 2 is 2.14 bits per heavy atom. The highest BCUT2D eigenvalue weighted by atomic mass is 32.2. The van der Waals surface area contributed by atoms with Crippen molar-refractivity contribution in [1.29, 1.82) is 0 Å². The van der Waals surface area contributed by atoms with Crippen LogP contribution in [-0.2, 0) is 4.79 Å². The van der Waals surface area contributed by atoms with Crippen LogP contribution >= 0.6 is 11.8 Å². The van der Waals surface area contributed by atoms with E-state index in [9.17, 15) is 18.8 Å². The lowest BCUT2D eigenvalue weighted by Gasteiger charge is -2.15. The molecule has 0 aliphatic carbocycles. The molecule has 4 nitrogen and oxygen atoms in total. The van der Waals surface area contributed by atoms with Gasteiger partial charge in [0.15, 0.2) is 6.20 Å². The fourth-order valence-electron chi connectivity index (χ4n) is 1.88. The van der Waals surface area contributed by atoms with Crippen molar-refractivity contribution in [2.75, 3.05) is 5.75 Å². The summed E-state index contributed by atoms with van der Waals surface area (Å²) < 4.78 is 27.1. The predicted octanol–water partition coefficient (Wildman–Crippen LogP) is 2.57. The van der Waals surface area contributed by atoms with Gasteiger partial charge in [-0.25, -0.2) is 8.78 Å². The Hall–Kier alpha value is -2.15. The Morgan fingerprint density at radius 3 is 2.82 bits per heavy atom. The molecule has 22 heavy (non-hydrogen) atoms. The topological polar surface area (TPSA) is 56.0 Å². The maximum absolute atomic E-state index is 13.6. The molecule has 1 amide bonds. The summed E-state index contributed by atoms with van der Waals surface area (Å²) in [7, 11) is 0. The van der Waals surface area contributed by atoms with Crippen LogP contribution in [0.1, 0.15) is 18.5 Å². The normalized spacial score (nSPS) is 12.0. The Kier molecular flexibility index (Phi) is 5.32. The molecule has 1 atom stereocenters. The van der Waals surface area contributed by atoms with E-state index < -0.39 is 17.7 Å². The SMILES string of the molecule is C[C@@H](NC(=O)CSc1cccc[n+]1[O-])c1ccc(F)cc1F. The summed E-state index contributed by atoms with van der Waals surface area (Å²) in [6, 6.07) is 7.52. The first-order valence-corrected chi connectivity index (χ1v) is 7.51. The lowest BCUT2D eigenvalue weighted by atomic mass is 10.1. The molecular formula is C15H14F2N2O2S. The number of hydrogen-bond donors (Lipinski definition) is 1. The lowest BCUT2D eigenvalue weighted by Crippen LogP contribution is -2.31. The molecule has 0 fully saturated rings. The van der Waals surface area contributed by atoms with E-state index in [4.69, 9.17) is 0 Å². The second-order valence-corrected chi connectivity index (χ2v) is 5.60. The number of halogens is 2. The number of hydrogen-bond acceptors (Lipinski definition) is 3. The van der Waals surface area contributed by atoms with Crippen molar-refractivity contribution in [3.05, 3.63) is 65.0 Å². The molecular weight excluding hydrogens is 310 g/mol. The van der Waals surface area contributed by atoms with Gasteiger partial charge in [0, 0.05) is 23.8 Å². The van der Waals surface area contributed by atoms with Gasteiger partial charge < -0.3 is 10.5 Å². The van der Waals surface area contributed by atoms with Gasteiger partial charge in [0.1, 0.15) is 11.6 Å². The largest absolute Gasteiger partial charge is 0.618 e. The van der Waals surface area contributed by atoms with Crippen LogP contribution in [0.25, 0.3) is 0 Å². The number of rotatable bonds is 5. The number of nitrogens with zero attached hydrogens (tertiary/aromatic N) is 1. The van der Waals surface area contributed by atoms with Gasteiger partial charge in [0.2, 0.25) is 5.91 Å². The molecule has 0 spiro atoms. The molecule has 0 saturated carbocycles. The highest BCUT2D eigenvalue weighted by molar-refractivity contribution is 7.99. The van der Waals surface area contributed by atoms with Crippen molar-refractivity contribution in [3.63, 3.8) is 0 Å². The van der Waals surface area contributed by atoms with Gasteiger partial charge in [-0.2, -0.15) is 4.73 Å². The standard InChI is InChI=1S/C15H14F2N2O2S/c1-10(12-6-5-11(16)8-13(12)17)18-14(20)9-22-15-4-2-3-7-19(15)21/h2-8,10H,9H2,1H3,(H,18,20)/t10-/m1/s1. The molecule has 0 radical (unpaired) electrons. The van der Waals surface area contributed by atoms with Gasteiger partial charge >= 0.3 is 0 Å². The Labute approximate surface area is 130 Å². The van der Waals surface area contributed by atoms with Crippen LogP contribution in [-0.4, -0.2) is 11.7 Å². The van der Waals surface area contributed by atoms with Crippen LogP contribution in [0.5, 0.6) is 0 Å². The Bertz CT molecular complexity index is 682. The molecule has 0 aliphatic rings. The third-order valence-electron chi connectivity index (χ3n) is 2.95. The van der Waals surface area contributed by atoms with E-state index in [0.717, 1.165) is 23.9 Å². The van der Waals surface area contributed by atoms with Crippen LogP contribution in [0.3, 0.4) is 0 Å².